The van der Waals surface area contributed by atoms with E-state index in [-0.39, 0.29) is 0 Å². The van der Waals surface area contributed by atoms with Crippen molar-refractivity contribution in [1.82, 2.24) is 0 Å². The zero-order chi connectivity index (χ0) is 8.69. The molecule has 11 heavy (non-hydrogen) atoms. The average Bonchev–Trinajstić information content (AvgIpc) is 1.86. The molecule has 0 aromatic heterocycles. The molecule has 0 spiro atoms. The molecular formula is C11H21. The van der Waals surface area contributed by atoms with E-state index < -0.39 is 0 Å². The summed E-state index contributed by atoms with van der Waals surface area (Å²) in [6.07, 6.45) is 8.14. The first-order valence-corrected chi connectivity index (χ1v) is 4.64. The van der Waals surface area contributed by atoms with E-state index in [4.69, 9.17) is 0 Å². The van der Waals surface area contributed by atoms with Crippen molar-refractivity contribution in [2.75, 3.05) is 0 Å². The van der Waals surface area contributed by atoms with Gasteiger partial charge in [0.15, 0.2) is 0 Å². The second-order valence-electron chi connectivity index (χ2n) is 3.56. The number of hydrogen-bond donors (Lipinski definition) is 0. The highest BCUT2D eigenvalue weighted by Gasteiger charge is 2.01. The van der Waals surface area contributed by atoms with Gasteiger partial charge >= 0.3 is 0 Å². The van der Waals surface area contributed by atoms with Crippen LogP contribution in [-0.2, 0) is 0 Å². The van der Waals surface area contributed by atoms with E-state index in [0.29, 0.717) is 5.92 Å². The van der Waals surface area contributed by atoms with E-state index in [1.165, 1.54) is 12.8 Å². The van der Waals surface area contributed by atoms with Crippen LogP contribution in [0.2, 0.25) is 0 Å². The summed E-state index contributed by atoms with van der Waals surface area (Å²) in [5, 5.41) is 0. The Morgan fingerprint density at radius 2 is 1.91 bits per heavy atom. The maximum absolute atomic E-state index is 3.98. The van der Waals surface area contributed by atoms with Crippen LogP contribution < -0.4 is 0 Å². The molecule has 0 saturated carbocycles. The average molecular weight is 153 g/mol. The van der Waals surface area contributed by atoms with Crippen LogP contribution in [-0.4, -0.2) is 0 Å². The molecule has 0 amide bonds. The van der Waals surface area contributed by atoms with Crippen LogP contribution in [0.5, 0.6) is 0 Å². The van der Waals surface area contributed by atoms with E-state index in [0.717, 1.165) is 12.3 Å². The summed E-state index contributed by atoms with van der Waals surface area (Å²) in [6.45, 7) is 10.6. The van der Waals surface area contributed by atoms with Crippen molar-refractivity contribution < 1.29 is 0 Å². The SMILES string of the molecule is [CH2]C(C)CC(C)CC=CCC. The molecule has 0 saturated heterocycles. The summed E-state index contributed by atoms with van der Waals surface area (Å²) >= 11 is 0. The Kier molecular flexibility index (Phi) is 6.30. The van der Waals surface area contributed by atoms with Crippen molar-refractivity contribution in [3.8, 4) is 0 Å². The van der Waals surface area contributed by atoms with Gasteiger partial charge in [0.1, 0.15) is 0 Å². The lowest BCUT2D eigenvalue weighted by atomic mass is 9.96. The Labute approximate surface area is 71.7 Å². The molecule has 0 nitrogen and oxygen atoms in total. The van der Waals surface area contributed by atoms with Crippen molar-refractivity contribution in [3.05, 3.63) is 19.1 Å². The Morgan fingerprint density at radius 1 is 1.27 bits per heavy atom. The van der Waals surface area contributed by atoms with Gasteiger partial charge in [0.05, 0.1) is 0 Å². The van der Waals surface area contributed by atoms with Crippen LogP contribution in [0.3, 0.4) is 0 Å². The molecule has 65 valence electrons. The van der Waals surface area contributed by atoms with Crippen LogP contribution in [0.4, 0.5) is 0 Å². The smallest absolute Gasteiger partial charge is 0.0325 e. The summed E-state index contributed by atoms with van der Waals surface area (Å²) in [5.41, 5.74) is 0. The Hall–Kier alpha value is -0.260. The number of rotatable bonds is 5. The molecule has 0 bridgehead atoms. The topological polar surface area (TPSA) is 0 Å². The fraction of sp³-hybridized carbons (Fsp3) is 0.727. The van der Waals surface area contributed by atoms with E-state index >= 15 is 0 Å². The van der Waals surface area contributed by atoms with Crippen molar-refractivity contribution in [3.63, 3.8) is 0 Å². The fourth-order valence-electron chi connectivity index (χ4n) is 1.28. The minimum Gasteiger partial charge on any atom is -0.0888 e. The second-order valence-corrected chi connectivity index (χ2v) is 3.56. The molecular weight excluding hydrogens is 132 g/mol. The molecule has 0 N–H and O–H groups in total. The van der Waals surface area contributed by atoms with Gasteiger partial charge in [-0.1, -0.05) is 39.8 Å². The van der Waals surface area contributed by atoms with E-state index in [1.807, 2.05) is 0 Å². The van der Waals surface area contributed by atoms with Crippen molar-refractivity contribution in [2.45, 2.75) is 40.0 Å². The lowest BCUT2D eigenvalue weighted by Crippen LogP contribution is -1.98. The third-order valence-corrected chi connectivity index (χ3v) is 1.75. The molecule has 0 fully saturated rings. The zero-order valence-electron chi connectivity index (χ0n) is 8.14. The Morgan fingerprint density at radius 3 is 2.36 bits per heavy atom. The van der Waals surface area contributed by atoms with Gasteiger partial charge in [-0.3, -0.25) is 0 Å². The summed E-state index contributed by atoms with van der Waals surface area (Å²) in [4.78, 5) is 0. The number of hydrogen-bond acceptors (Lipinski definition) is 0. The zero-order valence-corrected chi connectivity index (χ0v) is 8.14. The summed E-state index contributed by atoms with van der Waals surface area (Å²) in [7, 11) is 0. The minimum absolute atomic E-state index is 0.597. The quantitative estimate of drug-likeness (QED) is 0.526. The molecule has 2 unspecified atom stereocenters. The lowest BCUT2D eigenvalue weighted by molar-refractivity contribution is 0.469. The highest BCUT2D eigenvalue weighted by molar-refractivity contribution is 4.82. The van der Waals surface area contributed by atoms with Gasteiger partial charge in [-0.2, -0.15) is 0 Å². The van der Waals surface area contributed by atoms with Crippen molar-refractivity contribution in [1.29, 1.82) is 0 Å². The molecule has 2 atom stereocenters. The molecule has 0 heterocycles. The molecule has 0 aliphatic heterocycles. The first-order valence-electron chi connectivity index (χ1n) is 4.64. The summed E-state index contributed by atoms with van der Waals surface area (Å²) in [5.74, 6) is 1.39. The number of allylic oxidation sites excluding steroid dienone is 2. The van der Waals surface area contributed by atoms with E-state index in [2.05, 4.69) is 39.8 Å². The third kappa shape index (κ3) is 7.64. The maximum Gasteiger partial charge on any atom is -0.0325 e. The largest absolute Gasteiger partial charge is 0.0888 e. The standard InChI is InChI=1S/C11H21/c1-5-6-7-8-11(4)9-10(2)3/h6-7,10-11H,2,5,8-9H2,1,3-4H3. The lowest BCUT2D eigenvalue weighted by Gasteiger charge is -2.10. The van der Waals surface area contributed by atoms with Gasteiger partial charge in [-0.25, -0.2) is 0 Å². The van der Waals surface area contributed by atoms with Crippen LogP contribution >= 0.6 is 0 Å². The molecule has 0 heteroatoms. The molecule has 0 aliphatic rings. The molecule has 0 aromatic carbocycles. The van der Waals surface area contributed by atoms with E-state index in [1.54, 1.807) is 0 Å². The third-order valence-electron chi connectivity index (χ3n) is 1.75. The fourth-order valence-corrected chi connectivity index (χ4v) is 1.28. The minimum atomic E-state index is 0.597. The highest BCUT2D eigenvalue weighted by Crippen LogP contribution is 2.14. The molecule has 0 aromatic rings. The monoisotopic (exact) mass is 153 g/mol. The maximum atomic E-state index is 3.98. The van der Waals surface area contributed by atoms with Crippen LogP contribution in [0, 0.1) is 18.8 Å². The Bertz CT molecular complexity index is 101. The van der Waals surface area contributed by atoms with Gasteiger partial charge in [-0.15, -0.1) is 0 Å². The molecule has 0 aliphatic carbocycles. The first-order chi connectivity index (χ1) is 5.16. The van der Waals surface area contributed by atoms with Gasteiger partial charge in [0.2, 0.25) is 0 Å². The van der Waals surface area contributed by atoms with Crippen molar-refractivity contribution in [2.24, 2.45) is 11.8 Å². The van der Waals surface area contributed by atoms with Gasteiger partial charge in [0, 0.05) is 0 Å². The first kappa shape index (κ1) is 10.7. The second kappa shape index (κ2) is 6.45. The van der Waals surface area contributed by atoms with Crippen LogP contribution in [0.15, 0.2) is 12.2 Å². The van der Waals surface area contributed by atoms with Crippen molar-refractivity contribution >= 4 is 0 Å². The van der Waals surface area contributed by atoms with Gasteiger partial charge in [-0.05, 0) is 31.1 Å². The van der Waals surface area contributed by atoms with Gasteiger partial charge < -0.3 is 0 Å². The van der Waals surface area contributed by atoms with E-state index in [9.17, 15) is 0 Å². The summed E-state index contributed by atoms with van der Waals surface area (Å²) in [6, 6.07) is 0. The molecule has 1 radical (unpaired) electrons. The highest BCUT2D eigenvalue weighted by atomic mass is 14.1. The van der Waals surface area contributed by atoms with Crippen LogP contribution in [0.25, 0.3) is 0 Å². The Balaban J connectivity index is 3.36. The predicted molar refractivity (Wildman–Crippen MR) is 52.4 cm³/mol. The predicted octanol–water partition coefficient (Wildman–Crippen LogP) is 3.84. The normalized spacial score (nSPS) is 14.6. The van der Waals surface area contributed by atoms with Gasteiger partial charge in [0.25, 0.3) is 0 Å². The molecule has 0 rings (SSSR count). The van der Waals surface area contributed by atoms with Crippen LogP contribution in [0.1, 0.15) is 40.0 Å². The summed E-state index contributed by atoms with van der Waals surface area (Å²) < 4.78 is 0.